The van der Waals surface area contributed by atoms with E-state index in [2.05, 4.69) is 45.5 Å². The van der Waals surface area contributed by atoms with Gasteiger partial charge in [-0.1, -0.05) is 30.3 Å². The van der Waals surface area contributed by atoms with Crippen LogP contribution in [0.2, 0.25) is 0 Å². The van der Waals surface area contributed by atoms with Gasteiger partial charge < -0.3 is 10.2 Å². The zero-order chi connectivity index (χ0) is 14.2. The predicted octanol–water partition coefficient (Wildman–Crippen LogP) is 2.50. The van der Waals surface area contributed by atoms with E-state index in [1.54, 1.807) is 0 Å². The average Bonchev–Trinajstić information content (AvgIpc) is 2.67. The molecule has 1 aliphatic heterocycles. The van der Waals surface area contributed by atoms with Gasteiger partial charge in [0.15, 0.2) is 5.79 Å². The number of rotatable bonds is 3. The molecule has 2 aromatic rings. The van der Waals surface area contributed by atoms with Crippen LogP contribution in [-0.4, -0.2) is 17.3 Å². The largest absolute Gasteiger partial charge is 0.348 e. The van der Waals surface area contributed by atoms with Crippen LogP contribution >= 0.6 is 0 Å². The van der Waals surface area contributed by atoms with Crippen molar-refractivity contribution in [2.45, 2.75) is 26.1 Å². The van der Waals surface area contributed by atoms with Crippen LogP contribution < -0.4 is 16.0 Å². The highest BCUT2D eigenvalue weighted by Crippen LogP contribution is 2.37. The lowest BCUT2D eigenvalue weighted by Gasteiger charge is -2.33. The Balaban J connectivity index is 1.83. The number of fused-ring (bicyclic) bond motifs is 1. The summed E-state index contributed by atoms with van der Waals surface area (Å²) in [5, 5.41) is 3.33. The monoisotopic (exact) mass is 268 g/mol. The maximum absolute atomic E-state index is 6.37. The molecule has 0 saturated carbocycles. The fraction of sp³-hybridized carbons (Fsp3) is 0.312. The van der Waals surface area contributed by atoms with Crippen LogP contribution in [0.4, 0.5) is 11.4 Å². The van der Waals surface area contributed by atoms with Crippen molar-refractivity contribution in [3.8, 4) is 0 Å². The third-order valence-electron chi connectivity index (χ3n) is 3.73. The summed E-state index contributed by atoms with van der Waals surface area (Å²) in [4.78, 5) is 6.54. The van der Waals surface area contributed by atoms with Crippen LogP contribution in [0.5, 0.6) is 0 Å². The minimum atomic E-state index is -0.563. The molecule has 3 rings (SSSR count). The molecule has 4 nitrogen and oxygen atoms in total. The highest BCUT2D eigenvalue weighted by Gasteiger charge is 2.35. The number of hydrogen-bond acceptors (Lipinski definition) is 4. The topological polar surface area (TPSA) is 54.2 Å². The molecule has 1 aromatic carbocycles. The van der Waals surface area contributed by atoms with E-state index in [4.69, 9.17) is 5.73 Å². The Hall–Kier alpha value is -2.07. The summed E-state index contributed by atoms with van der Waals surface area (Å²) in [5.41, 5.74) is 10.8. The molecule has 104 valence electrons. The van der Waals surface area contributed by atoms with Crippen LogP contribution in [0.3, 0.4) is 0 Å². The van der Waals surface area contributed by atoms with E-state index in [0.29, 0.717) is 0 Å². The number of benzene rings is 1. The smallest absolute Gasteiger partial charge is 0.161 e. The van der Waals surface area contributed by atoms with Crippen molar-refractivity contribution in [1.29, 1.82) is 0 Å². The Morgan fingerprint density at radius 2 is 2.05 bits per heavy atom. The standard InChI is InChI=1S/C16H20N4/c1-12-10-15-14(11-18-12)19-16(2,17)20(15)9-8-13-6-4-3-5-7-13/h3-7,10-11,19H,8-9,17H2,1-2H3. The van der Waals surface area contributed by atoms with Crippen molar-refractivity contribution in [1.82, 2.24) is 4.98 Å². The first kappa shape index (κ1) is 12.9. The Kier molecular flexibility index (Phi) is 3.10. The number of aryl methyl sites for hydroxylation is 1. The third-order valence-corrected chi connectivity index (χ3v) is 3.73. The molecular formula is C16H20N4. The Morgan fingerprint density at radius 1 is 1.30 bits per heavy atom. The zero-order valence-corrected chi connectivity index (χ0v) is 11.9. The van der Waals surface area contributed by atoms with Crippen molar-refractivity contribution < 1.29 is 0 Å². The molecular weight excluding hydrogens is 248 g/mol. The van der Waals surface area contributed by atoms with Gasteiger partial charge >= 0.3 is 0 Å². The average molecular weight is 268 g/mol. The maximum atomic E-state index is 6.37. The van der Waals surface area contributed by atoms with Crippen molar-refractivity contribution in [3.05, 3.63) is 53.9 Å². The molecule has 0 amide bonds. The van der Waals surface area contributed by atoms with Gasteiger partial charge in [0.1, 0.15) is 0 Å². The molecule has 1 atom stereocenters. The molecule has 1 aromatic heterocycles. The summed E-state index contributed by atoms with van der Waals surface area (Å²) in [6.45, 7) is 4.87. The lowest BCUT2D eigenvalue weighted by atomic mass is 10.1. The van der Waals surface area contributed by atoms with Crippen molar-refractivity contribution in [2.24, 2.45) is 5.73 Å². The summed E-state index contributed by atoms with van der Waals surface area (Å²) >= 11 is 0. The number of pyridine rings is 1. The molecule has 1 aliphatic rings. The molecule has 0 radical (unpaired) electrons. The number of nitrogens with two attached hydrogens (primary N) is 1. The molecule has 1 unspecified atom stereocenters. The van der Waals surface area contributed by atoms with Gasteiger partial charge in [-0.2, -0.15) is 0 Å². The lowest BCUT2D eigenvalue weighted by molar-refractivity contribution is 0.514. The molecule has 0 bridgehead atoms. The second-order valence-corrected chi connectivity index (χ2v) is 5.50. The normalized spacial score (nSPS) is 20.6. The van der Waals surface area contributed by atoms with Crippen LogP contribution in [0.15, 0.2) is 42.6 Å². The number of nitrogens with one attached hydrogen (secondary N) is 1. The highest BCUT2D eigenvalue weighted by molar-refractivity contribution is 5.76. The summed E-state index contributed by atoms with van der Waals surface area (Å²) in [5.74, 6) is -0.563. The summed E-state index contributed by atoms with van der Waals surface area (Å²) in [6.07, 6.45) is 2.83. The predicted molar refractivity (Wildman–Crippen MR) is 82.7 cm³/mol. The Morgan fingerprint density at radius 3 is 2.80 bits per heavy atom. The molecule has 4 heteroatoms. The molecule has 20 heavy (non-hydrogen) atoms. The van der Waals surface area contributed by atoms with Crippen LogP contribution in [0.1, 0.15) is 18.2 Å². The number of aromatic nitrogens is 1. The van der Waals surface area contributed by atoms with E-state index in [1.165, 1.54) is 5.56 Å². The first-order valence-corrected chi connectivity index (χ1v) is 6.91. The van der Waals surface area contributed by atoms with Gasteiger partial charge in [0.05, 0.1) is 17.6 Å². The van der Waals surface area contributed by atoms with Gasteiger partial charge in [0.25, 0.3) is 0 Å². The summed E-state index contributed by atoms with van der Waals surface area (Å²) < 4.78 is 0. The summed E-state index contributed by atoms with van der Waals surface area (Å²) in [6, 6.07) is 12.6. The number of hydrogen-bond donors (Lipinski definition) is 2. The zero-order valence-electron chi connectivity index (χ0n) is 11.9. The molecule has 2 heterocycles. The number of nitrogens with zero attached hydrogens (tertiary/aromatic N) is 2. The molecule has 3 N–H and O–H groups in total. The first-order valence-electron chi connectivity index (χ1n) is 6.91. The first-order chi connectivity index (χ1) is 9.56. The van der Waals surface area contributed by atoms with E-state index in [1.807, 2.05) is 26.1 Å². The lowest BCUT2D eigenvalue weighted by Crippen LogP contribution is -2.56. The van der Waals surface area contributed by atoms with Crippen LogP contribution in [0, 0.1) is 6.92 Å². The van der Waals surface area contributed by atoms with E-state index in [-0.39, 0.29) is 0 Å². The van der Waals surface area contributed by atoms with E-state index >= 15 is 0 Å². The van der Waals surface area contributed by atoms with E-state index in [9.17, 15) is 0 Å². The highest BCUT2D eigenvalue weighted by atomic mass is 15.4. The van der Waals surface area contributed by atoms with E-state index in [0.717, 1.165) is 30.0 Å². The second kappa shape index (κ2) is 4.80. The van der Waals surface area contributed by atoms with Gasteiger partial charge in [0, 0.05) is 12.2 Å². The minimum absolute atomic E-state index is 0.563. The maximum Gasteiger partial charge on any atom is 0.161 e. The Labute approximate surface area is 119 Å². The third kappa shape index (κ3) is 2.34. The fourth-order valence-corrected chi connectivity index (χ4v) is 2.69. The SMILES string of the molecule is Cc1cc2c(cn1)NC(C)(N)N2CCc1ccccc1. The van der Waals surface area contributed by atoms with Gasteiger partial charge in [-0.25, -0.2) is 0 Å². The van der Waals surface area contributed by atoms with Gasteiger partial charge in [-0.3, -0.25) is 10.7 Å². The van der Waals surface area contributed by atoms with Crippen molar-refractivity contribution in [3.63, 3.8) is 0 Å². The Bertz CT molecular complexity index is 607. The van der Waals surface area contributed by atoms with Crippen molar-refractivity contribution >= 4 is 11.4 Å². The quantitative estimate of drug-likeness (QED) is 0.898. The number of anilines is 2. The molecule has 0 saturated heterocycles. The molecule has 0 aliphatic carbocycles. The fourth-order valence-electron chi connectivity index (χ4n) is 2.69. The molecule has 0 spiro atoms. The van der Waals surface area contributed by atoms with Gasteiger partial charge in [-0.05, 0) is 31.9 Å². The van der Waals surface area contributed by atoms with Gasteiger partial charge in [-0.15, -0.1) is 0 Å². The van der Waals surface area contributed by atoms with E-state index < -0.39 is 5.79 Å². The summed E-state index contributed by atoms with van der Waals surface area (Å²) in [7, 11) is 0. The molecule has 0 fully saturated rings. The van der Waals surface area contributed by atoms with Crippen LogP contribution in [0.25, 0.3) is 0 Å². The van der Waals surface area contributed by atoms with Crippen LogP contribution in [-0.2, 0) is 6.42 Å². The minimum Gasteiger partial charge on any atom is -0.348 e. The second-order valence-electron chi connectivity index (χ2n) is 5.50. The van der Waals surface area contributed by atoms with Gasteiger partial charge in [0.2, 0.25) is 0 Å². The van der Waals surface area contributed by atoms with Crippen molar-refractivity contribution in [2.75, 3.05) is 16.8 Å².